The molecule has 0 aliphatic heterocycles. The van der Waals surface area contributed by atoms with Crippen LogP contribution >= 0.6 is 0 Å². The molecule has 1 heterocycles. The number of methoxy groups -OCH3 is 2. The molecular formula is C18H19N3O2. The van der Waals surface area contributed by atoms with E-state index in [-0.39, 0.29) is 6.04 Å². The third kappa shape index (κ3) is 3.51. The number of aromatic nitrogens is 3. The van der Waals surface area contributed by atoms with Gasteiger partial charge < -0.3 is 9.47 Å². The van der Waals surface area contributed by atoms with Gasteiger partial charge in [-0.2, -0.15) is 5.10 Å². The predicted molar refractivity (Wildman–Crippen MR) is 87.9 cm³/mol. The van der Waals surface area contributed by atoms with Gasteiger partial charge in [0.15, 0.2) is 0 Å². The highest BCUT2D eigenvalue weighted by molar-refractivity contribution is 5.32. The van der Waals surface area contributed by atoms with E-state index >= 15 is 0 Å². The fraction of sp³-hybridized carbons (Fsp3) is 0.222. The van der Waals surface area contributed by atoms with Gasteiger partial charge in [0.05, 0.1) is 20.3 Å². The van der Waals surface area contributed by atoms with Gasteiger partial charge >= 0.3 is 0 Å². The minimum atomic E-state index is 0.0804. The monoisotopic (exact) mass is 309 g/mol. The first kappa shape index (κ1) is 15.1. The molecule has 23 heavy (non-hydrogen) atoms. The van der Waals surface area contributed by atoms with Gasteiger partial charge in [-0.15, -0.1) is 0 Å². The van der Waals surface area contributed by atoms with Gasteiger partial charge in [-0.25, -0.2) is 9.67 Å². The summed E-state index contributed by atoms with van der Waals surface area (Å²) in [6, 6.07) is 16.2. The van der Waals surface area contributed by atoms with Crippen LogP contribution in [0.3, 0.4) is 0 Å². The van der Waals surface area contributed by atoms with Crippen LogP contribution in [0.15, 0.2) is 61.2 Å². The van der Waals surface area contributed by atoms with Crippen LogP contribution < -0.4 is 9.47 Å². The first-order chi connectivity index (χ1) is 11.3. The molecule has 0 aliphatic carbocycles. The Morgan fingerprint density at radius 2 is 1.52 bits per heavy atom. The summed E-state index contributed by atoms with van der Waals surface area (Å²) in [5.41, 5.74) is 2.37. The van der Waals surface area contributed by atoms with Crippen LogP contribution in [0.5, 0.6) is 11.5 Å². The molecule has 0 amide bonds. The Hall–Kier alpha value is -2.82. The molecule has 0 aliphatic rings. The number of hydrogen-bond donors (Lipinski definition) is 0. The maximum Gasteiger partial charge on any atom is 0.137 e. The van der Waals surface area contributed by atoms with E-state index < -0.39 is 0 Å². The molecule has 3 rings (SSSR count). The number of rotatable bonds is 6. The van der Waals surface area contributed by atoms with Gasteiger partial charge in [-0.1, -0.05) is 24.3 Å². The Balaban J connectivity index is 1.88. The van der Waals surface area contributed by atoms with Crippen molar-refractivity contribution in [2.24, 2.45) is 0 Å². The normalized spacial score (nSPS) is 11.9. The molecule has 0 bridgehead atoms. The molecule has 5 heteroatoms. The predicted octanol–water partition coefficient (Wildman–Crippen LogP) is 3.13. The number of ether oxygens (including phenoxy) is 2. The van der Waals surface area contributed by atoms with Crippen LogP contribution in [0.4, 0.5) is 0 Å². The molecule has 0 radical (unpaired) electrons. The van der Waals surface area contributed by atoms with Crippen molar-refractivity contribution in [1.29, 1.82) is 0 Å². The van der Waals surface area contributed by atoms with Crippen molar-refractivity contribution in [1.82, 2.24) is 14.8 Å². The number of nitrogens with zero attached hydrogens (tertiary/aromatic N) is 3. The summed E-state index contributed by atoms with van der Waals surface area (Å²) in [5, 5.41) is 4.32. The van der Waals surface area contributed by atoms with Gasteiger partial charge in [-0.3, -0.25) is 0 Å². The van der Waals surface area contributed by atoms with Gasteiger partial charge in [0.2, 0.25) is 0 Å². The second-order valence-corrected chi connectivity index (χ2v) is 5.22. The van der Waals surface area contributed by atoms with Crippen LogP contribution in [-0.4, -0.2) is 29.0 Å². The summed E-state index contributed by atoms with van der Waals surface area (Å²) in [7, 11) is 3.34. The van der Waals surface area contributed by atoms with E-state index in [1.165, 1.54) is 5.56 Å². The summed E-state index contributed by atoms with van der Waals surface area (Å²) in [4.78, 5) is 4.08. The van der Waals surface area contributed by atoms with E-state index in [1.54, 1.807) is 26.9 Å². The fourth-order valence-corrected chi connectivity index (χ4v) is 2.55. The Morgan fingerprint density at radius 3 is 2.04 bits per heavy atom. The van der Waals surface area contributed by atoms with Crippen molar-refractivity contribution in [3.8, 4) is 11.5 Å². The average Bonchev–Trinajstić information content (AvgIpc) is 3.15. The van der Waals surface area contributed by atoms with Crippen molar-refractivity contribution in [2.45, 2.75) is 12.5 Å². The number of hydrogen-bond acceptors (Lipinski definition) is 4. The van der Waals surface area contributed by atoms with Crippen molar-refractivity contribution in [2.75, 3.05) is 14.2 Å². The zero-order valence-electron chi connectivity index (χ0n) is 13.2. The van der Waals surface area contributed by atoms with E-state index in [9.17, 15) is 0 Å². The topological polar surface area (TPSA) is 49.2 Å². The minimum absolute atomic E-state index is 0.0804. The van der Waals surface area contributed by atoms with Crippen LogP contribution in [0.25, 0.3) is 0 Å². The fourth-order valence-electron chi connectivity index (χ4n) is 2.55. The van der Waals surface area contributed by atoms with Crippen molar-refractivity contribution in [3.05, 3.63) is 72.3 Å². The van der Waals surface area contributed by atoms with Crippen LogP contribution in [0.1, 0.15) is 17.2 Å². The van der Waals surface area contributed by atoms with Crippen molar-refractivity contribution < 1.29 is 9.47 Å². The highest BCUT2D eigenvalue weighted by atomic mass is 16.5. The third-order valence-electron chi connectivity index (χ3n) is 3.84. The molecule has 3 aromatic rings. The smallest absolute Gasteiger partial charge is 0.137 e. The summed E-state index contributed by atoms with van der Waals surface area (Å²) < 4.78 is 12.3. The van der Waals surface area contributed by atoms with Crippen LogP contribution in [-0.2, 0) is 6.42 Å². The van der Waals surface area contributed by atoms with Gasteiger partial charge in [0.25, 0.3) is 0 Å². The van der Waals surface area contributed by atoms with Crippen LogP contribution in [0, 0.1) is 0 Å². The third-order valence-corrected chi connectivity index (χ3v) is 3.84. The molecule has 0 saturated carbocycles. The zero-order chi connectivity index (χ0) is 16.1. The largest absolute Gasteiger partial charge is 0.497 e. The molecule has 0 N–H and O–H groups in total. The molecule has 1 atom stereocenters. The van der Waals surface area contributed by atoms with E-state index in [4.69, 9.17) is 9.47 Å². The minimum Gasteiger partial charge on any atom is -0.497 e. The molecule has 0 spiro atoms. The summed E-state index contributed by atoms with van der Waals surface area (Å²) in [5.74, 6) is 1.70. The first-order valence-corrected chi connectivity index (χ1v) is 7.41. The molecule has 118 valence electrons. The van der Waals surface area contributed by atoms with Gasteiger partial charge in [-0.05, 0) is 41.8 Å². The van der Waals surface area contributed by atoms with E-state index in [0.29, 0.717) is 0 Å². The zero-order valence-corrected chi connectivity index (χ0v) is 13.2. The molecule has 1 unspecified atom stereocenters. The lowest BCUT2D eigenvalue weighted by molar-refractivity contribution is 0.413. The van der Waals surface area contributed by atoms with Crippen LogP contribution in [0.2, 0.25) is 0 Å². The second-order valence-electron chi connectivity index (χ2n) is 5.22. The highest BCUT2D eigenvalue weighted by Crippen LogP contribution is 2.25. The Kier molecular flexibility index (Phi) is 4.57. The van der Waals surface area contributed by atoms with Crippen molar-refractivity contribution >= 4 is 0 Å². The summed E-state index contributed by atoms with van der Waals surface area (Å²) in [6.07, 6.45) is 4.13. The van der Waals surface area contributed by atoms with Gasteiger partial charge in [0.1, 0.15) is 24.2 Å². The molecule has 0 saturated heterocycles. The quantitative estimate of drug-likeness (QED) is 0.702. The maximum atomic E-state index is 5.23. The first-order valence-electron chi connectivity index (χ1n) is 7.41. The Morgan fingerprint density at radius 1 is 0.913 bits per heavy atom. The molecular weight excluding hydrogens is 290 g/mol. The molecule has 1 aromatic heterocycles. The Bertz CT molecular complexity index is 722. The average molecular weight is 309 g/mol. The lowest BCUT2D eigenvalue weighted by atomic mass is 9.99. The lowest BCUT2D eigenvalue weighted by Crippen LogP contribution is -2.14. The van der Waals surface area contributed by atoms with E-state index in [2.05, 4.69) is 34.3 Å². The number of benzene rings is 2. The van der Waals surface area contributed by atoms with E-state index in [1.807, 2.05) is 28.9 Å². The second kappa shape index (κ2) is 6.96. The van der Waals surface area contributed by atoms with E-state index in [0.717, 1.165) is 23.5 Å². The maximum absolute atomic E-state index is 5.23. The molecule has 2 aromatic carbocycles. The van der Waals surface area contributed by atoms with Gasteiger partial charge in [0, 0.05) is 0 Å². The molecule has 0 fully saturated rings. The Labute approximate surface area is 135 Å². The highest BCUT2D eigenvalue weighted by Gasteiger charge is 2.15. The lowest BCUT2D eigenvalue weighted by Gasteiger charge is -2.18. The standard InChI is InChI=1S/C18H19N3O2/c1-22-16-7-3-14(4-8-16)11-18(21-13-19-12-20-21)15-5-9-17(23-2)10-6-15/h3-10,12-13,18H,11H2,1-2H3. The summed E-state index contributed by atoms with van der Waals surface area (Å²) in [6.45, 7) is 0. The molecule has 5 nitrogen and oxygen atoms in total. The van der Waals surface area contributed by atoms with Crippen molar-refractivity contribution in [3.63, 3.8) is 0 Å². The SMILES string of the molecule is COc1ccc(CC(c2ccc(OC)cc2)n2cncn2)cc1. The summed E-state index contributed by atoms with van der Waals surface area (Å²) >= 11 is 0.